The van der Waals surface area contributed by atoms with Gasteiger partial charge in [-0.1, -0.05) is 53.6 Å². The Morgan fingerprint density at radius 1 is 0.688 bits per heavy atom. The van der Waals surface area contributed by atoms with Crippen molar-refractivity contribution in [3.8, 4) is 5.75 Å². The third-order valence-electron chi connectivity index (χ3n) is 1.97. The Bertz CT molecular complexity index is 360. The topological polar surface area (TPSA) is 20.2 Å². The third-order valence-corrected chi connectivity index (χ3v) is 1.97. The van der Waals surface area contributed by atoms with Gasteiger partial charge in [0.1, 0.15) is 5.75 Å². The fraction of sp³-hybridized carbons (Fsp3) is 0.143. The average Bonchev–Trinajstić information content (AvgIpc) is 2.25. The highest BCUT2D eigenvalue weighted by Crippen LogP contribution is 2.02. The van der Waals surface area contributed by atoms with Crippen molar-refractivity contribution in [3.05, 3.63) is 65.7 Å². The highest BCUT2D eigenvalue weighted by Gasteiger charge is 1.79. The Morgan fingerprint density at radius 2 is 1.06 bits per heavy atom. The van der Waals surface area contributed by atoms with Gasteiger partial charge >= 0.3 is 0 Å². The SMILES string of the molecule is Cc1ccc(C)cc1.Cl.Oc1ccccc1. The molecule has 0 aliphatic rings. The monoisotopic (exact) mass is 236 g/mol. The fourth-order valence-corrected chi connectivity index (χ4v) is 1.06. The van der Waals surface area contributed by atoms with Crippen molar-refractivity contribution >= 4 is 12.4 Å². The molecule has 0 amide bonds. The van der Waals surface area contributed by atoms with Crippen LogP contribution in [-0.2, 0) is 0 Å². The molecule has 0 heterocycles. The second kappa shape index (κ2) is 7.77. The number of aromatic hydroxyl groups is 1. The minimum absolute atomic E-state index is 0. The van der Waals surface area contributed by atoms with E-state index in [1.807, 2.05) is 6.07 Å². The molecule has 0 saturated carbocycles. The quantitative estimate of drug-likeness (QED) is 0.730. The number of rotatable bonds is 0. The van der Waals surface area contributed by atoms with E-state index >= 15 is 0 Å². The van der Waals surface area contributed by atoms with Crippen LogP contribution in [-0.4, -0.2) is 5.11 Å². The van der Waals surface area contributed by atoms with Crippen LogP contribution in [0.5, 0.6) is 5.75 Å². The van der Waals surface area contributed by atoms with Crippen molar-refractivity contribution in [2.24, 2.45) is 0 Å². The van der Waals surface area contributed by atoms with Crippen LogP contribution < -0.4 is 0 Å². The van der Waals surface area contributed by atoms with E-state index in [1.165, 1.54) is 11.1 Å². The Labute approximate surface area is 103 Å². The summed E-state index contributed by atoms with van der Waals surface area (Å²) < 4.78 is 0. The molecule has 0 unspecified atom stereocenters. The van der Waals surface area contributed by atoms with E-state index in [9.17, 15) is 0 Å². The number of hydrogen-bond acceptors (Lipinski definition) is 1. The van der Waals surface area contributed by atoms with Crippen molar-refractivity contribution in [1.29, 1.82) is 0 Å². The summed E-state index contributed by atoms with van der Waals surface area (Å²) in [5.74, 6) is 0.322. The number of hydrogen-bond donors (Lipinski definition) is 1. The van der Waals surface area contributed by atoms with Crippen molar-refractivity contribution in [1.82, 2.24) is 0 Å². The van der Waals surface area contributed by atoms with Crippen LogP contribution in [0.3, 0.4) is 0 Å². The molecule has 0 spiro atoms. The third kappa shape index (κ3) is 6.10. The molecule has 86 valence electrons. The molecule has 0 aliphatic heterocycles. The van der Waals surface area contributed by atoms with Gasteiger partial charge in [0.15, 0.2) is 0 Å². The van der Waals surface area contributed by atoms with E-state index in [4.69, 9.17) is 5.11 Å². The molecule has 2 aromatic carbocycles. The van der Waals surface area contributed by atoms with E-state index in [0.717, 1.165) is 0 Å². The molecule has 1 nitrogen and oxygen atoms in total. The zero-order valence-corrected chi connectivity index (χ0v) is 10.4. The second-order valence-electron chi connectivity index (χ2n) is 3.49. The second-order valence-corrected chi connectivity index (χ2v) is 3.49. The Hall–Kier alpha value is -1.47. The average molecular weight is 237 g/mol. The summed E-state index contributed by atoms with van der Waals surface area (Å²) in [6.07, 6.45) is 0. The molecule has 2 heteroatoms. The maximum absolute atomic E-state index is 8.63. The normalized spacial score (nSPS) is 8.38. The molecule has 0 saturated heterocycles. The number of benzene rings is 2. The number of phenolic OH excluding ortho intramolecular Hbond substituents is 1. The summed E-state index contributed by atoms with van der Waals surface area (Å²) in [7, 11) is 0. The Morgan fingerprint density at radius 3 is 1.31 bits per heavy atom. The van der Waals surface area contributed by atoms with E-state index < -0.39 is 0 Å². The zero-order valence-electron chi connectivity index (χ0n) is 9.55. The van der Waals surface area contributed by atoms with Crippen LogP contribution >= 0.6 is 12.4 Å². The first kappa shape index (κ1) is 14.5. The van der Waals surface area contributed by atoms with E-state index in [0.29, 0.717) is 5.75 Å². The minimum atomic E-state index is 0. The van der Waals surface area contributed by atoms with Crippen molar-refractivity contribution in [3.63, 3.8) is 0 Å². The summed E-state index contributed by atoms with van der Waals surface area (Å²) in [5, 5.41) is 8.63. The van der Waals surface area contributed by atoms with Crippen molar-refractivity contribution in [2.75, 3.05) is 0 Å². The maximum Gasteiger partial charge on any atom is 0.115 e. The molecule has 2 rings (SSSR count). The molecule has 16 heavy (non-hydrogen) atoms. The van der Waals surface area contributed by atoms with E-state index in [-0.39, 0.29) is 12.4 Å². The van der Waals surface area contributed by atoms with Crippen molar-refractivity contribution in [2.45, 2.75) is 13.8 Å². The predicted octanol–water partition coefficient (Wildman–Crippen LogP) is 4.12. The molecule has 0 fully saturated rings. The van der Waals surface area contributed by atoms with Crippen molar-refractivity contribution < 1.29 is 5.11 Å². The lowest BCUT2D eigenvalue weighted by molar-refractivity contribution is 0.475. The van der Waals surface area contributed by atoms with Crippen LogP contribution in [0.25, 0.3) is 0 Å². The van der Waals surface area contributed by atoms with Gasteiger partial charge in [0.05, 0.1) is 0 Å². The Balaban J connectivity index is 0.000000267. The Kier molecular flexibility index (Phi) is 7.06. The standard InChI is InChI=1S/C8H10.C6H6O.ClH/c1-7-3-5-8(2)6-4-7;7-6-4-2-1-3-5-6;/h3-6H,1-2H3;1-5,7H;1H. The van der Waals surface area contributed by atoms with E-state index in [1.54, 1.807) is 24.3 Å². The minimum Gasteiger partial charge on any atom is -0.508 e. The van der Waals surface area contributed by atoms with Crippen LogP contribution in [0.1, 0.15) is 11.1 Å². The molecule has 1 N–H and O–H groups in total. The summed E-state index contributed by atoms with van der Waals surface area (Å²) in [5.41, 5.74) is 2.66. The molecule has 0 radical (unpaired) electrons. The van der Waals surface area contributed by atoms with Crippen LogP contribution in [0, 0.1) is 13.8 Å². The van der Waals surface area contributed by atoms with Gasteiger partial charge in [-0.25, -0.2) is 0 Å². The highest BCUT2D eigenvalue weighted by atomic mass is 35.5. The first-order valence-electron chi connectivity index (χ1n) is 4.96. The lowest BCUT2D eigenvalue weighted by Crippen LogP contribution is -1.70. The smallest absolute Gasteiger partial charge is 0.115 e. The predicted molar refractivity (Wildman–Crippen MR) is 71.3 cm³/mol. The maximum atomic E-state index is 8.63. The number of aryl methyl sites for hydroxylation is 2. The lowest BCUT2D eigenvalue weighted by Gasteiger charge is -1.90. The lowest BCUT2D eigenvalue weighted by atomic mass is 10.2. The van der Waals surface area contributed by atoms with Crippen LogP contribution in [0.2, 0.25) is 0 Å². The zero-order chi connectivity index (χ0) is 11.1. The van der Waals surface area contributed by atoms with Gasteiger partial charge in [0.25, 0.3) is 0 Å². The first-order chi connectivity index (χ1) is 7.18. The van der Waals surface area contributed by atoms with Gasteiger partial charge in [0, 0.05) is 0 Å². The van der Waals surface area contributed by atoms with Gasteiger partial charge < -0.3 is 5.11 Å². The molecule has 0 aliphatic carbocycles. The molecular weight excluding hydrogens is 220 g/mol. The number of phenols is 1. The van der Waals surface area contributed by atoms with Crippen LogP contribution in [0.15, 0.2) is 54.6 Å². The molecule has 0 aromatic heterocycles. The summed E-state index contributed by atoms with van der Waals surface area (Å²) in [4.78, 5) is 0. The van der Waals surface area contributed by atoms with Crippen LogP contribution in [0.4, 0.5) is 0 Å². The van der Waals surface area contributed by atoms with Gasteiger partial charge in [-0.3, -0.25) is 0 Å². The highest BCUT2D eigenvalue weighted by molar-refractivity contribution is 5.85. The van der Waals surface area contributed by atoms with Gasteiger partial charge in [-0.2, -0.15) is 0 Å². The summed E-state index contributed by atoms with van der Waals surface area (Å²) in [6.45, 7) is 4.19. The fourth-order valence-electron chi connectivity index (χ4n) is 1.06. The summed E-state index contributed by atoms with van der Waals surface area (Å²) in [6, 6.07) is 17.2. The molecular formula is C14H17ClO. The molecule has 0 bridgehead atoms. The molecule has 0 atom stereocenters. The van der Waals surface area contributed by atoms with Gasteiger partial charge in [-0.05, 0) is 26.0 Å². The largest absolute Gasteiger partial charge is 0.508 e. The number of halogens is 1. The first-order valence-corrected chi connectivity index (χ1v) is 4.96. The van der Waals surface area contributed by atoms with Gasteiger partial charge in [0.2, 0.25) is 0 Å². The van der Waals surface area contributed by atoms with Gasteiger partial charge in [-0.15, -0.1) is 12.4 Å². The number of para-hydroxylation sites is 1. The molecule has 2 aromatic rings. The summed E-state index contributed by atoms with van der Waals surface area (Å²) >= 11 is 0. The van der Waals surface area contributed by atoms with E-state index in [2.05, 4.69) is 38.1 Å².